The number of aromatic nitrogens is 1. The number of hydrogen-bond donors (Lipinski definition) is 1. The van der Waals surface area contributed by atoms with Crippen molar-refractivity contribution >= 4 is 27.3 Å². The highest BCUT2D eigenvalue weighted by atomic mass is 32.2. The number of nitrogens with one attached hydrogen (secondary N) is 1. The van der Waals surface area contributed by atoms with Gasteiger partial charge in [-0.2, -0.15) is 0 Å². The molecule has 1 unspecified atom stereocenters. The smallest absolute Gasteiger partial charge is 0.253 e. The zero-order valence-electron chi connectivity index (χ0n) is 15.1. The number of amides is 1. The van der Waals surface area contributed by atoms with Gasteiger partial charge in [0.25, 0.3) is 5.91 Å². The van der Waals surface area contributed by atoms with Gasteiger partial charge in [0, 0.05) is 49.8 Å². The number of methoxy groups -OCH3 is 1. The van der Waals surface area contributed by atoms with Gasteiger partial charge in [-0.1, -0.05) is 6.07 Å². The molecule has 1 aromatic heterocycles. The highest BCUT2D eigenvalue weighted by Crippen LogP contribution is 2.29. The summed E-state index contributed by atoms with van der Waals surface area (Å²) in [6, 6.07) is 6.18. The number of piperidine rings is 1. The Balaban J connectivity index is 1.73. The van der Waals surface area contributed by atoms with E-state index in [-0.39, 0.29) is 29.9 Å². The first-order valence-corrected chi connectivity index (χ1v) is 11.1. The molecule has 1 atom stereocenters. The second-order valence-corrected chi connectivity index (χ2v) is 9.07. The fourth-order valence-corrected chi connectivity index (χ4v) is 4.97. The summed E-state index contributed by atoms with van der Waals surface area (Å²) < 4.78 is 32.1. The molecule has 1 fully saturated rings. The summed E-state index contributed by atoms with van der Waals surface area (Å²) in [6.07, 6.45) is 3.70. The van der Waals surface area contributed by atoms with Crippen LogP contribution in [0, 0.1) is 0 Å². The van der Waals surface area contributed by atoms with E-state index in [4.69, 9.17) is 4.74 Å². The summed E-state index contributed by atoms with van der Waals surface area (Å²) in [7, 11) is -2.17. The first-order chi connectivity index (χ1) is 13.0. The Hall–Kier alpha value is -1.81. The van der Waals surface area contributed by atoms with E-state index in [2.05, 4.69) is 9.71 Å². The van der Waals surface area contributed by atoms with E-state index >= 15 is 0 Å². The van der Waals surface area contributed by atoms with Crippen molar-refractivity contribution in [1.29, 1.82) is 0 Å². The zero-order chi connectivity index (χ0) is 19.3. The van der Waals surface area contributed by atoms with Crippen molar-refractivity contribution in [1.82, 2.24) is 14.6 Å². The quantitative estimate of drug-likeness (QED) is 0.708. The van der Waals surface area contributed by atoms with Gasteiger partial charge in [-0.25, -0.2) is 18.1 Å². The maximum Gasteiger partial charge on any atom is 0.253 e. The van der Waals surface area contributed by atoms with Gasteiger partial charge in [-0.3, -0.25) is 4.79 Å². The molecule has 7 nitrogen and oxygen atoms in total. The summed E-state index contributed by atoms with van der Waals surface area (Å²) in [5, 5.41) is 2.99. The molecule has 1 amide bonds. The van der Waals surface area contributed by atoms with Crippen LogP contribution in [0.25, 0.3) is 0 Å². The van der Waals surface area contributed by atoms with Crippen molar-refractivity contribution in [2.45, 2.75) is 23.7 Å². The number of ether oxygens (including phenoxy) is 1. The molecular weight excluding hydrogens is 386 g/mol. The Morgan fingerprint density at radius 3 is 3.04 bits per heavy atom. The van der Waals surface area contributed by atoms with Crippen molar-refractivity contribution < 1.29 is 17.9 Å². The molecule has 27 heavy (non-hydrogen) atoms. The van der Waals surface area contributed by atoms with Crippen molar-refractivity contribution in [2.24, 2.45) is 0 Å². The number of rotatable bonds is 7. The molecule has 1 saturated heterocycles. The third kappa shape index (κ3) is 4.92. The van der Waals surface area contributed by atoms with E-state index in [0.29, 0.717) is 18.7 Å². The number of benzene rings is 1. The summed E-state index contributed by atoms with van der Waals surface area (Å²) >= 11 is 1.61. The normalized spacial score (nSPS) is 17.8. The van der Waals surface area contributed by atoms with Crippen LogP contribution >= 0.6 is 11.3 Å². The second-order valence-electron chi connectivity index (χ2n) is 6.38. The van der Waals surface area contributed by atoms with Gasteiger partial charge in [0.15, 0.2) is 0 Å². The molecule has 0 spiro atoms. The summed E-state index contributed by atoms with van der Waals surface area (Å²) in [5.74, 6) is 0.0931. The fraction of sp³-hybridized carbons (Fsp3) is 0.444. The predicted octanol–water partition coefficient (Wildman–Crippen LogP) is 2.09. The van der Waals surface area contributed by atoms with Crippen molar-refractivity contribution in [3.05, 3.63) is 46.4 Å². The molecule has 3 rings (SSSR count). The summed E-state index contributed by atoms with van der Waals surface area (Å²) in [4.78, 5) is 19.2. The van der Waals surface area contributed by atoms with Gasteiger partial charge in [0.05, 0.1) is 16.5 Å². The van der Waals surface area contributed by atoms with E-state index in [1.54, 1.807) is 34.6 Å². The third-order valence-electron chi connectivity index (χ3n) is 4.50. The standard InChI is InChI=1S/C18H23N3O4S2/c1-25-10-7-20-27(23,24)16-6-2-4-14(12-16)18(22)21-9-3-5-15(13-21)17-19-8-11-26-17/h2,4,6,8,11-12,15,20H,3,5,7,9-10,13H2,1H3. The molecule has 0 saturated carbocycles. The summed E-state index contributed by atoms with van der Waals surface area (Å²) in [5.41, 5.74) is 0.379. The van der Waals surface area contributed by atoms with Gasteiger partial charge in [-0.05, 0) is 31.0 Å². The minimum absolute atomic E-state index is 0.0814. The Bertz CT molecular complexity index is 868. The second kappa shape index (κ2) is 8.92. The van der Waals surface area contributed by atoms with Crippen LogP contribution in [0.1, 0.15) is 34.1 Å². The Kier molecular flexibility index (Phi) is 6.59. The minimum atomic E-state index is -3.67. The Labute approximate surface area is 163 Å². The lowest BCUT2D eigenvalue weighted by Gasteiger charge is -2.32. The van der Waals surface area contributed by atoms with Crippen LogP contribution in [0.4, 0.5) is 0 Å². The SMILES string of the molecule is COCCNS(=O)(=O)c1cccc(C(=O)N2CCCC(c3nccs3)C2)c1. The lowest BCUT2D eigenvalue weighted by molar-refractivity contribution is 0.0707. The number of carbonyl (C=O) groups is 1. The van der Waals surface area contributed by atoms with E-state index in [9.17, 15) is 13.2 Å². The molecule has 146 valence electrons. The number of thiazole rings is 1. The molecule has 1 aliphatic rings. The third-order valence-corrected chi connectivity index (χ3v) is 6.90. The van der Waals surface area contributed by atoms with Crippen molar-refractivity contribution in [2.75, 3.05) is 33.4 Å². The van der Waals surface area contributed by atoms with Crippen LogP contribution in [0.2, 0.25) is 0 Å². The van der Waals surface area contributed by atoms with Crippen LogP contribution in [0.5, 0.6) is 0 Å². The van der Waals surface area contributed by atoms with Crippen LogP contribution < -0.4 is 4.72 Å². The van der Waals surface area contributed by atoms with E-state index in [1.807, 2.05) is 5.38 Å². The van der Waals surface area contributed by atoms with Gasteiger partial charge in [0.1, 0.15) is 0 Å². The zero-order valence-corrected chi connectivity index (χ0v) is 16.8. The maximum atomic E-state index is 12.9. The van der Waals surface area contributed by atoms with Crippen LogP contribution in [0.3, 0.4) is 0 Å². The average Bonchev–Trinajstić information content (AvgIpc) is 3.23. The molecule has 2 heterocycles. The lowest BCUT2D eigenvalue weighted by Crippen LogP contribution is -2.39. The van der Waals surface area contributed by atoms with Gasteiger partial charge in [-0.15, -0.1) is 11.3 Å². The highest BCUT2D eigenvalue weighted by Gasteiger charge is 2.27. The molecule has 0 radical (unpaired) electrons. The van der Waals surface area contributed by atoms with Crippen molar-refractivity contribution in [3.8, 4) is 0 Å². The molecule has 9 heteroatoms. The van der Waals surface area contributed by atoms with Crippen LogP contribution in [-0.2, 0) is 14.8 Å². The van der Waals surface area contributed by atoms with Crippen LogP contribution in [0.15, 0.2) is 40.7 Å². The lowest BCUT2D eigenvalue weighted by atomic mass is 9.98. The van der Waals surface area contributed by atoms with Gasteiger partial charge in [0.2, 0.25) is 10.0 Å². The van der Waals surface area contributed by atoms with E-state index in [1.165, 1.54) is 19.2 Å². The number of carbonyl (C=O) groups excluding carboxylic acids is 1. The maximum absolute atomic E-state index is 12.9. The molecule has 1 aliphatic heterocycles. The van der Waals surface area contributed by atoms with E-state index in [0.717, 1.165) is 17.8 Å². The molecular formula is C18H23N3O4S2. The van der Waals surface area contributed by atoms with E-state index < -0.39 is 10.0 Å². The Morgan fingerprint density at radius 2 is 2.30 bits per heavy atom. The molecule has 2 aromatic rings. The largest absolute Gasteiger partial charge is 0.383 e. The fourth-order valence-electron chi connectivity index (χ4n) is 3.14. The molecule has 0 bridgehead atoms. The first-order valence-electron chi connectivity index (χ1n) is 8.78. The molecule has 1 aromatic carbocycles. The minimum Gasteiger partial charge on any atom is -0.383 e. The average molecular weight is 410 g/mol. The topological polar surface area (TPSA) is 88.6 Å². The predicted molar refractivity (Wildman–Crippen MR) is 103 cm³/mol. The summed E-state index contributed by atoms with van der Waals surface area (Å²) in [6.45, 7) is 1.74. The first kappa shape index (κ1) is 19.9. The molecule has 0 aliphatic carbocycles. The van der Waals surface area contributed by atoms with Gasteiger partial charge < -0.3 is 9.64 Å². The number of likely N-dealkylation sites (tertiary alicyclic amines) is 1. The number of nitrogens with zero attached hydrogens (tertiary/aromatic N) is 2. The van der Waals surface area contributed by atoms with Crippen LogP contribution in [-0.4, -0.2) is 57.6 Å². The number of hydrogen-bond acceptors (Lipinski definition) is 6. The number of sulfonamides is 1. The monoisotopic (exact) mass is 409 g/mol. The van der Waals surface area contributed by atoms with Gasteiger partial charge >= 0.3 is 0 Å². The Morgan fingerprint density at radius 1 is 1.44 bits per heavy atom. The highest BCUT2D eigenvalue weighted by molar-refractivity contribution is 7.89. The van der Waals surface area contributed by atoms with Crippen molar-refractivity contribution in [3.63, 3.8) is 0 Å². The molecule has 1 N–H and O–H groups in total.